The highest BCUT2D eigenvalue weighted by Crippen LogP contribution is 2.52. The van der Waals surface area contributed by atoms with Gasteiger partial charge in [-0.15, -0.1) is 11.3 Å². The van der Waals surface area contributed by atoms with Crippen LogP contribution in [-0.4, -0.2) is 15.6 Å². The van der Waals surface area contributed by atoms with E-state index < -0.39 is 0 Å². The van der Waals surface area contributed by atoms with E-state index in [2.05, 4.69) is 72.1 Å². The number of allylic oxidation sites excluding steroid dienone is 2. The Balaban J connectivity index is 1.60. The molecule has 1 aliphatic heterocycles. The fourth-order valence-corrected chi connectivity index (χ4v) is 6.39. The first-order valence-electron chi connectivity index (χ1n) is 11.0. The molecule has 0 saturated carbocycles. The first-order valence-corrected chi connectivity index (χ1v) is 11.9. The molecule has 2 aromatic carbocycles. The van der Waals surface area contributed by atoms with Gasteiger partial charge in [-0.2, -0.15) is 5.10 Å². The predicted octanol–water partition coefficient (Wildman–Crippen LogP) is 6.50. The molecule has 1 N–H and O–H groups in total. The second-order valence-corrected chi connectivity index (χ2v) is 10.7. The molecule has 0 amide bonds. The summed E-state index contributed by atoms with van der Waals surface area (Å²) in [6.07, 6.45) is 3.37. The summed E-state index contributed by atoms with van der Waals surface area (Å²) in [5, 5.41) is 11.5. The number of hydrogen-bond acceptors (Lipinski definition) is 4. The Morgan fingerprint density at radius 3 is 2.72 bits per heavy atom. The topological polar surface area (TPSA) is 46.9 Å². The normalized spacial score (nSPS) is 19.6. The molecule has 0 spiro atoms. The number of hydrogen-bond donors (Lipinski definition) is 1. The summed E-state index contributed by atoms with van der Waals surface area (Å²) in [6, 6.07) is 17.0. The molecule has 160 valence electrons. The van der Waals surface area contributed by atoms with Gasteiger partial charge >= 0.3 is 0 Å². The third kappa shape index (κ3) is 2.95. The van der Waals surface area contributed by atoms with Gasteiger partial charge in [0.2, 0.25) is 0 Å². The lowest BCUT2D eigenvalue weighted by Gasteiger charge is -2.39. The molecule has 6 rings (SSSR count). The van der Waals surface area contributed by atoms with Crippen molar-refractivity contribution in [2.24, 2.45) is 12.5 Å². The van der Waals surface area contributed by atoms with Crippen LogP contribution in [0, 0.1) is 5.41 Å². The van der Waals surface area contributed by atoms with E-state index in [1.807, 2.05) is 24.0 Å². The van der Waals surface area contributed by atoms with Crippen LogP contribution in [0.2, 0.25) is 0 Å². The van der Waals surface area contributed by atoms with Crippen LogP contribution in [0.3, 0.4) is 0 Å². The third-order valence-corrected chi connectivity index (χ3v) is 7.73. The molecular weight excluding hydrogens is 414 g/mol. The second-order valence-electron chi connectivity index (χ2n) is 9.73. The number of fused-ring (bicyclic) bond motifs is 3. The number of nitrogens with one attached hydrogen (secondary N) is 1. The standard InChI is InChI=1S/C27H25N3OS/c1-27(2)12-20-23(21(31)13-27)25(22-11-18(15-32-22)16-7-5-4-6-8-16)24-19(29-20)10-9-17-14-28-30(3)26(17)24/h4-11,14-15,25,29H,12-13H2,1-3H3. The maximum atomic E-state index is 13.6. The molecule has 0 bridgehead atoms. The van der Waals surface area contributed by atoms with E-state index in [1.54, 1.807) is 11.3 Å². The summed E-state index contributed by atoms with van der Waals surface area (Å²) >= 11 is 1.75. The van der Waals surface area contributed by atoms with Crippen molar-refractivity contribution < 1.29 is 4.79 Å². The minimum Gasteiger partial charge on any atom is -0.358 e. The largest absolute Gasteiger partial charge is 0.358 e. The maximum absolute atomic E-state index is 13.6. The minimum absolute atomic E-state index is 0.0355. The van der Waals surface area contributed by atoms with Gasteiger partial charge in [-0.1, -0.05) is 44.2 Å². The summed E-state index contributed by atoms with van der Waals surface area (Å²) in [4.78, 5) is 14.8. The zero-order valence-electron chi connectivity index (χ0n) is 18.5. The van der Waals surface area contributed by atoms with E-state index >= 15 is 0 Å². The number of rotatable bonds is 2. The quantitative estimate of drug-likeness (QED) is 0.388. The van der Waals surface area contributed by atoms with Gasteiger partial charge in [0.15, 0.2) is 5.78 Å². The molecule has 3 heterocycles. The van der Waals surface area contributed by atoms with Gasteiger partial charge in [-0.3, -0.25) is 9.48 Å². The molecule has 2 aliphatic rings. The highest BCUT2D eigenvalue weighted by molar-refractivity contribution is 7.10. The molecule has 1 unspecified atom stereocenters. The van der Waals surface area contributed by atoms with Crippen LogP contribution in [0.15, 0.2) is 71.4 Å². The first-order chi connectivity index (χ1) is 15.4. The molecule has 5 heteroatoms. The Kier molecular flexibility index (Phi) is 4.21. The van der Waals surface area contributed by atoms with Gasteiger partial charge in [0.05, 0.1) is 17.6 Å². The lowest BCUT2D eigenvalue weighted by molar-refractivity contribution is -0.118. The fraction of sp³-hybridized carbons (Fsp3) is 0.259. The van der Waals surface area contributed by atoms with Crippen molar-refractivity contribution >= 4 is 33.7 Å². The molecule has 4 nitrogen and oxygen atoms in total. The Hall–Kier alpha value is -3.18. The van der Waals surface area contributed by atoms with E-state index in [4.69, 9.17) is 0 Å². The average molecular weight is 440 g/mol. The van der Waals surface area contributed by atoms with Crippen LogP contribution < -0.4 is 5.32 Å². The van der Waals surface area contributed by atoms with Gasteiger partial charge in [-0.25, -0.2) is 0 Å². The highest BCUT2D eigenvalue weighted by Gasteiger charge is 2.42. The number of Topliss-reactive ketones (excluding diaryl/α,β-unsaturated/α-hetero) is 1. The summed E-state index contributed by atoms with van der Waals surface area (Å²) in [5.41, 5.74) is 7.74. The Morgan fingerprint density at radius 1 is 1.09 bits per heavy atom. The average Bonchev–Trinajstić information content (AvgIpc) is 3.39. The van der Waals surface area contributed by atoms with Gasteiger partial charge in [0.1, 0.15) is 0 Å². The summed E-state index contributed by atoms with van der Waals surface area (Å²) in [7, 11) is 1.99. The molecule has 1 aliphatic carbocycles. The van der Waals surface area contributed by atoms with Crippen molar-refractivity contribution in [1.29, 1.82) is 0 Å². The van der Waals surface area contributed by atoms with Crippen molar-refractivity contribution in [2.45, 2.75) is 32.6 Å². The van der Waals surface area contributed by atoms with E-state index in [9.17, 15) is 4.79 Å². The zero-order chi connectivity index (χ0) is 22.0. The SMILES string of the molecule is Cn1ncc2ccc3c(c21)C(c1cc(-c2ccccc2)cs1)C1=C(CC(C)(C)CC1=O)N3. The summed E-state index contributed by atoms with van der Waals surface area (Å²) in [5.74, 6) is 0.180. The number of aryl methyl sites for hydroxylation is 1. The van der Waals surface area contributed by atoms with Crippen molar-refractivity contribution in [1.82, 2.24) is 9.78 Å². The monoisotopic (exact) mass is 439 g/mol. The van der Waals surface area contributed by atoms with Crippen LogP contribution in [0.4, 0.5) is 5.69 Å². The Morgan fingerprint density at radius 2 is 1.91 bits per heavy atom. The zero-order valence-corrected chi connectivity index (χ0v) is 19.3. The summed E-state index contributed by atoms with van der Waals surface area (Å²) in [6.45, 7) is 4.37. The van der Waals surface area contributed by atoms with Gasteiger partial charge < -0.3 is 5.32 Å². The minimum atomic E-state index is -0.0774. The molecule has 4 aromatic rings. The molecule has 0 saturated heterocycles. The molecule has 0 radical (unpaired) electrons. The molecule has 2 aromatic heterocycles. The van der Waals surface area contributed by atoms with E-state index in [0.29, 0.717) is 6.42 Å². The Bertz CT molecular complexity index is 1410. The number of nitrogens with zero attached hydrogens (tertiary/aromatic N) is 2. The van der Waals surface area contributed by atoms with E-state index in [1.165, 1.54) is 16.0 Å². The fourth-order valence-electron chi connectivity index (χ4n) is 5.36. The maximum Gasteiger partial charge on any atom is 0.162 e. The number of anilines is 1. The lowest BCUT2D eigenvalue weighted by atomic mass is 9.69. The van der Waals surface area contributed by atoms with E-state index in [0.717, 1.165) is 39.8 Å². The predicted molar refractivity (Wildman–Crippen MR) is 131 cm³/mol. The van der Waals surface area contributed by atoms with Crippen LogP contribution in [0.5, 0.6) is 0 Å². The molecule has 1 atom stereocenters. The van der Waals surface area contributed by atoms with Gasteiger partial charge in [0, 0.05) is 46.3 Å². The number of ketones is 1. The van der Waals surface area contributed by atoms with Crippen LogP contribution in [0.1, 0.15) is 43.0 Å². The number of carbonyl (C=O) groups is 1. The van der Waals surface area contributed by atoms with Crippen molar-refractivity contribution in [3.8, 4) is 11.1 Å². The number of carbonyl (C=O) groups excluding carboxylic acids is 1. The lowest BCUT2D eigenvalue weighted by Crippen LogP contribution is -2.33. The molecular formula is C27H25N3OS. The Labute approximate surface area is 191 Å². The van der Waals surface area contributed by atoms with Gasteiger partial charge in [-0.05, 0) is 46.5 Å². The summed E-state index contributed by atoms with van der Waals surface area (Å²) < 4.78 is 1.94. The van der Waals surface area contributed by atoms with Crippen LogP contribution >= 0.6 is 11.3 Å². The number of benzene rings is 2. The first kappa shape index (κ1) is 19.5. The third-order valence-electron chi connectivity index (χ3n) is 6.74. The van der Waals surface area contributed by atoms with E-state index in [-0.39, 0.29) is 17.1 Å². The van der Waals surface area contributed by atoms with Crippen molar-refractivity contribution in [3.05, 3.63) is 81.8 Å². The second kappa shape index (κ2) is 6.91. The van der Waals surface area contributed by atoms with Crippen molar-refractivity contribution in [3.63, 3.8) is 0 Å². The van der Waals surface area contributed by atoms with Crippen LogP contribution in [0.25, 0.3) is 22.0 Å². The molecule has 0 fully saturated rings. The smallest absolute Gasteiger partial charge is 0.162 e. The van der Waals surface area contributed by atoms with Gasteiger partial charge in [0.25, 0.3) is 0 Å². The number of aromatic nitrogens is 2. The van der Waals surface area contributed by atoms with Crippen molar-refractivity contribution in [2.75, 3.05) is 5.32 Å². The van der Waals surface area contributed by atoms with Crippen LogP contribution in [-0.2, 0) is 11.8 Å². The molecule has 32 heavy (non-hydrogen) atoms. The number of thiophene rings is 1. The highest BCUT2D eigenvalue weighted by atomic mass is 32.1.